The van der Waals surface area contributed by atoms with E-state index in [1.54, 1.807) is 0 Å². The lowest BCUT2D eigenvalue weighted by Gasteiger charge is -2.16. The van der Waals surface area contributed by atoms with Crippen molar-refractivity contribution in [1.29, 1.82) is 0 Å². The van der Waals surface area contributed by atoms with E-state index in [1.807, 2.05) is 18.2 Å². The topological polar surface area (TPSA) is 48.5 Å². The van der Waals surface area contributed by atoms with Crippen LogP contribution in [0.5, 0.6) is 0 Å². The number of fused-ring (bicyclic) bond motifs is 7. The van der Waals surface area contributed by atoms with Crippen molar-refractivity contribution in [1.82, 2.24) is 24.1 Å². The molecule has 0 amide bonds. The van der Waals surface area contributed by atoms with Crippen LogP contribution in [0.3, 0.4) is 0 Å². The van der Waals surface area contributed by atoms with E-state index in [0.29, 0.717) is 17.5 Å². The molecule has 3 aromatic heterocycles. The van der Waals surface area contributed by atoms with Crippen LogP contribution in [0.15, 0.2) is 237 Å². The monoisotopic (exact) mass is 841 g/mol. The van der Waals surface area contributed by atoms with Crippen LogP contribution in [0.1, 0.15) is 0 Å². The summed E-state index contributed by atoms with van der Waals surface area (Å²) in [5.74, 6) is 1.88. The molecule has 0 saturated carbocycles. The Balaban J connectivity index is 0.903. The fourth-order valence-corrected chi connectivity index (χ4v) is 9.84. The molecule has 0 aliphatic rings. The van der Waals surface area contributed by atoms with Crippen LogP contribution in [0.4, 0.5) is 0 Å². The van der Waals surface area contributed by atoms with Gasteiger partial charge in [0.2, 0.25) is 0 Å². The number of aromatic nitrogens is 5. The van der Waals surface area contributed by atoms with Crippen molar-refractivity contribution in [3.05, 3.63) is 237 Å². The van der Waals surface area contributed by atoms with Crippen molar-refractivity contribution in [3.8, 4) is 67.8 Å². The molecule has 0 spiro atoms. The summed E-state index contributed by atoms with van der Waals surface area (Å²) < 4.78 is 4.74. The highest BCUT2D eigenvalue weighted by Gasteiger charge is 2.19. The molecule has 0 N–H and O–H groups in total. The molecule has 0 atom stereocenters. The standard InChI is InChI=1S/C61H39N5/c1-3-16-40(17-4-1)53-39-45(34-35-58(53)66-56-28-13-9-24-51(56)52-25-10-14-29-57(52)66)43-30-31-44-37-47(33-32-42(44)36-43)61-63-59(41-18-5-2-6-19-41)62-60(64-61)46-20-15-21-48(38-46)65-54-26-11-7-22-49(54)50-23-8-12-27-55(50)65/h1-39H. The number of hydrogen-bond acceptors (Lipinski definition) is 3. The van der Waals surface area contributed by atoms with E-state index in [4.69, 9.17) is 15.0 Å². The SMILES string of the molecule is c1ccc(-c2nc(-c3cccc(-n4c5ccccc5c5ccccc54)c3)nc(-c3ccc4cc(-c5ccc(-n6c7ccccc7c7ccccc76)c(-c6ccccc6)c5)ccc4c3)n2)cc1. The van der Waals surface area contributed by atoms with Gasteiger partial charge < -0.3 is 9.13 Å². The lowest BCUT2D eigenvalue weighted by molar-refractivity contribution is 1.07. The van der Waals surface area contributed by atoms with E-state index in [0.717, 1.165) is 61.0 Å². The quantitative estimate of drug-likeness (QED) is 0.161. The molecule has 13 aromatic rings. The summed E-state index contributed by atoms with van der Waals surface area (Å²) in [5, 5.41) is 7.19. The average molecular weight is 842 g/mol. The molecule has 0 bridgehead atoms. The molecule has 13 rings (SSSR count). The lowest BCUT2D eigenvalue weighted by atomic mass is 9.95. The van der Waals surface area contributed by atoms with E-state index in [1.165, 1.54) is 43.7 Å². The van der Waals surface area contributed by atoms with Crippen LogP contribution in [0, 0.1) is 0 Å². The summed E-state index contributed by atoms with van der Waals surface area (Å²) in [7, 11) is 0. The number of benzene rings is 10. The van der Waals surface area contributed by atoms with Gasteiger partial charge in [0, 0.05) is 49.5 Å². The zero-order chi connectivity index (χ0) is 43.6. The van der Waals surface area contributed by atoms with Crippen LogP contribution in [0.25, 0.3) is 122 Å². The summed E-state index contributed by atoms with van der Waals surface area (Å²) in [4.78, 5) is 15.4. The van der Waals surface area contributed by atoms with Crippen molar-refractivity contribution in [2.75, 3.05) is 0 Å². The summed E-state index contributed by atoms with van der Waals surface area (Å²) in [6.45, 7) is 0. The second-order valence-electron chi connectivity index (χ2n) is 16.8. The Kier molecular flexibility index (Phi) is 8.78. The largest absolute Gasteiger partial charge is 0.309 e. The first-order chi connectivity index (χ1) is 32.7. The average Bonchev–Trinajstić information content (AvgIpc) is 3.92. The van der Waals surface area contributed by atoms with Gasteiger partial charge in [-0.05, 0) is 88.1 Å². The van der Waals surface area contributed by atoms with Crippen molar-refractivity contribution in [2.45, 2.75) is 0 Å². The predicted octanol–water partition coefficient (Wildman–Crippen LogP) is 15.6. The molecule has 66 heavy (non-hydrogen) atoms. The van der Waals surface area contributed by atoms with Crippen molar-refractivity contribution in [2.24, 2.45) is 0 Å². The third kappa shape index (κ3) is 6.28. The Labute approximate surface area is 381 Å². The van der Waals surface area contributed by atoms with Gasteiger partial charge >= 0.3 is 0 Å². The summed E-state index contributed by atoms with van der Waals surface area (Å²) in [6.07, 6.45) is 0. The minimum absolute atomic E-state index is 0.621. The van der Waals surface area contributed by atoms with Gasteiger partial charge in [0.15, 0.2) is 17.5 Å². The predicted molar refractivity (Wildman–Crippen MR) is 273 cm³/mol. The summed E-state index contributed by atoms with van der Waals surface area (Å²) in [5.41, 5.74) is 14.3. The second kappa shape index (κ2) is 15.4. The van der Waals surface area contributed by atoms with E-state index in [2.05, 4.69) is 228 Å². The number of para-hydroxylation sites is 4. The normalized spacial score (nSPS) is 11.6. The van der Waals surface area contributed by atoms with Crippen LogP contribution < -0.4 is 0 Å². The van der Waals surface area contributed by atoms with Gasteiger partial charge in [-0.3, -0.25) is 0 Å². The molecule has 10 aromatic carbocycles. The number of hydrogen-bond donors (Lipinski definition) is 0. The van der Waals surface area contributed by atoms with Crippen molar-refractivity contribution in [3.63, 3.8) is 0 Å². The zero-order valence-electron chi connectivity index (χ0n) is 35.8. The highest BCUT2D eigenvalue weighted by atomic mass is 15.0. The summed E-state index contributed by atoms with van der Waals surface area (Å²) in [6, 6.07) is 84.1. The van der Waals surface area contributed by atoms with Crippen LogP contribution in [0.2, 0.25) is 0 Å². The third-order valence-corrected chi connectivity index (χ3v) is 12.9. The van der Waals surface area contributed by atoms with Gasteiger partial charge in [-0.25, -0.2) is 15.0 Å². The van der Waals surface area contributed by atoms with E-state index in [9.17, 15) is 0 Å². The molecule has 0 aliphatic carbocycles. The second-order valence-corrected chi connectivity index (χ2v) is 16.8. The smallest absolute Gasteiger partial charge is 0.164 e. The fraction of sp³-hybridized carbons (Fsp3) is 0. The first-order valence-electron chi connectivity index (χ1n) is 22.3. The van der Waals surface area contributed by atoms with E-state index < -0.39 is 0 Å². The molecule has 0 aliphatic heterocycles. The molecule has 308 valence electrons. The zero-order valence-corrected chi connectivity index (χ0v) is 35.8. The minimum Gasteiger partial charge on any atom is -0.309 e. The van der Waals surface area contributed by atoms with Crippen LogP contribution in [-0.4, -0.2) is 24.1 Å². The molecule has 0 fully saturated rings. The molecule has 0 radical (unpaired) electrons. The highest BCUT2D eigenvalue weighted by molar-refractivity contribution is 6.10. The van der Waals surface area contributed by atoms with Gasteiger partial charge in [-0.2, -0.15) is 0 Å². The first kappa shape index (κ1) is 37.6. The molecule has 5 heteroatoms. The van der Waals surface area contributed by atoms with E-state index in [-0.39, 0.29) is 0 Å². The molecule has 3 heterocycles. The molecule has 5 nitrogen and oxygen atoms in total. The third-order valence-electron chi connectivity index (χ3n) is 12.9. The van der Waals surface area contributed by atoms with Gasteiger partial charge in [0.1, 0.15) is 0 Å². The maximum atomic E-state index is 5.19. The molecule has 0 unspecified atom stereocenters. The Morgan fingerprint density at radius 2 is 0.667 bits per heavy atom. The Hall–Kier alpha value is -8.93. The van der Waals surface area contributed by atoms with Crippen LogP contribution >= 0.6 is 0 Å². The number of rotatable bonds is 7. The maximum Gasteiger partial charge on any atom is 0.164 e. The fourth-order valence-electron chi connectivity index (χ4n) is 9.84. The maximum absolute atomic E-state index is 5.19. The molecule has 0 saturated heterocycles. The molecular formula is C61H39N5. The van der Waals surface area contributed by atoms with Crippen LogP contribution in [-0.2, 0) is 0 Å². The molecular weight excluding hydrogens is 803 g/mol. The van der Waals surface area contributed by atoms with Crippen molar-refractivity contribution < 1.29 is 0 Å². The minimum atomic E-state index is 0.621. The lowest BCUT2D eigenvalue weighted by Crippen LogP contribution is -2.01. The van der Waals surface area contributed by atoms with Crippen molar-refractivity contribution >= 4 is 54.4 Å². The van der Waals surface area contributed by atoms with Gasteiger partial charge in [-0.15, -0.1) is 0 Å². The Morgan fingerprint density at radius 3 is 1.24 bits per heavy atom. The van der Waals surface area contributed by atoms with Gasteiger partial charge in [-0.1, -0.05) is 176 Å². The highest BCUT2D eigenvalue weighted by Crippen LogP contribution is 2.39. The summed E-state index contributed by atoms with van der Waals surface area (Å²) >= 11 is 0. The van der Waals surface area contributed by atoms with Gasteiger partial charge in [0.25, 0.3) is 0 Å². The van der Waals surface area contributed by atoms with Gasteiger partial charge in [0.05, 0.1) is 27.8 Å². The Morgan fingerprint density at radius 1 is 0.258 bits per heavy atom. The Bertz CT molecular complexity index is 3890. The number of nitrogens with zero attached hydrogens (tertiary/aromatic N) is 5. The van der Waals surface area contributed by atoms with E-state index >= 15 is 0 Å². The first-order valence-corrected chi connectivity index (χ1v) is 22.3.